The normalized spacial score (nSPS) is 10.9. The number of carbonyl (C=O) groups excluding carboxylic acids is 1. The molecule has 0 aliphatic heterocycles. The van der Waals surface area contributed by atoms with Crippen LogP contribution in [0.1, 0.15) is 11.3 Å². The minimum Gasteiger partial charge on any atom is -0.321 e. The van der Waals surface area contributed by atoms with Gasteiger partial charge >= 0.3 is 0 Å². The van der Waals surface area contributed by atoms with E-state index in [1.54, 1.807) is 47.2 Å². The number of amides is 1. The van der Waals surface area contributed by atoms with Crippen molar-refractivity contribution >= 4 is 23.4 Å². The van der Waals surface area contributed by atoms with Crippen molar-refractivity contribution in [1.29, 1.82) is 5.26 Å². The highest BCUT2D eigenvalue weighted by Crippen LogP contribution is 2.19. The van der Waals surface area contributed by atoms with Gasteiger partial charge in [0.05, 0.1) is 4.92 Å². The zero-order chi connectivity index (χ0) is 20.1. The number of nitro benzene ring substituents is 1. The molecule has 0 unspecified atom stereocenters. The number of rotatable bonds is 5. The zero-order valence-corrected chi connectivity index (χ0v) is 15.0. The lowest BCUT2D eigenvalue weighted by Crippen LogP contribution is -2.13. The van der Waals surface area contributed by atoms with Gasteiger partial charge in [-0.15, -0.1) is 0 Å². The summed E-state index contributed by atoms with van der Waals surface area (Å²) in [6.45, 7) is 1.94. The van der Waals surface area contributed by atoms with Crippen molar-refractivity contribution in [2.24, 2.45) is 0 Å². The van der Waals surface area contributed by atoms with Crippen LogP contribution in [-0.2, 0) is 4.79 Å². The molecule has 0 radical (unpaired) electrons. The van der Waals surface area contributed by atoms with Gasteiger partial charge in [-0.1, -0.05) is 17.7 Å². The molecular weight excluding hydrogens is 356 g/mol. The number of non-ortho nitro benzene ring substituents is 1. The van der Waals surface area contributed by atoms with E-state index < -0.39 is 10.8 Å². The molecule has 28 heavy (non-hydrogen) atoms. The molecule has 0 aliphatic carbocycles. The summed E-state index contributed by atoms with van der Waals surface area (Å²) in [5.74, 6) is -0.511. The maximum Gasteiger partial charge on any atom is 0.269 e. The standard InChI is InChI=1S/C21H16N4O3/c1-15-4-6-17(7-5-15)23-21(26)16(14-22)13-20-3-2-12-24(20)18-8-10-19(11-9-18)25(27)28/h2-13H,1H3,(H,23,26)/b16-13+. The Morgan fingerprint density at radius 3 is 2.43 bits per heavy atom. The van der Waals surface area contributed by atoms with Crippen molar-refractivity contribution < 1.29 is 9.72 Å². The van der Waals surface area contributed by atoms with E-state index in [2.05, 4.69) is 5.32 Å². The molecule has 0 aliphatic rings. The van der Waals surface area contributed by atoms with E-state index in [1.807, 2.05) is 25.1 Å². The largest absolute Gasteiger partial charge is 0.321 e. The molecule has 0 fully saturated rings. The molecule has 1 aromatic heterocycles. The van der Waals surface area contributed by atoms with Crippen LogP contribution < -0.4 is 5.32 Å². The first-order chi connectivity index (χ1) is 13.5. The second-order valence-electron chi connectivity index (χ2n) is 6.07. The van der Waals surface area contributed by atoms with Crippen LogP contribution in [0.3, 0.4) is 0 Å². The van der Waals surface area contributed by atoms with Gasteiger partial charge in [0, 0.05) is 35.4 Å². The number of hydrogen-bond acceptors (Lipinski definition) is 4. The molecule has 1 amide bonds. The van der Waals surface area contributed by atoms with E-state index in [-0.39, 0.29) is 11.3 Å². The lowest BCUT2D eigenvalue weighted by molar-refractivity contribution is -0.384. The number of anilines is 1. The number of aromatic nitrogens is 1. The third-order valence-corrected chi connectivity index (χ3v) is 4.09. The third kappa shape index (κ3) is 4.14. The monoisotopic (exact) mass is 372 g/mol. The Balaban J connectivity index is 1.86. The van der Waals surface area contributed by atoms with Crippen molar-refractivity contribution in [2.45, 2.75) is 6.92 Å². The molecule has 1 heterocycles. The van der Waals surface area contributed by atoms with Crippen molar-refractivity contribution in [3.8, 4) is 11.8 Å². The summed E-state index contributed by atoms with van der Waals surface area (Å²) in [5, 5.41) is 22.9. The van der Waals surface area contributed by atoms with Gasteiger partial charge in [-0.3, -0.25) is 14.9 Å². The molecule has 138 valence electrons. The minimum atomic E-state index is -0.511. The van der Waals surface area contributed by atoms with Crippen LogP contribution in [0.4, 0.5) is 11.4 Å². The first kappa shape index (κ1) is 18.6. The molecule has 0 atom stereocenters. The summed E-state index contributed by atoms with van der Waals surface area (Å²) < 4.78 is 1.74. The number of nitro groups is 1. The number of benzene rings is 2. The van der Waals surface area contributed by atoms with Crippen LogP contribution in [0.25, 0.3) is 11.8 Å². The predicted molar refractivity (Wildman–Crippen MR) is 106 cm³/mol. The summed E-state index contributed by atoms with van der Waals surface area (Å²) in [4.78, 5) is 22.8. The zero-order valence-electron chi connectivity index (χ0n) is 15.0. The molecular formula is C21H16N4O3. The van der Waals surface area contributed by atoms with Gasteiger partial charge < -0.3 is 9.88 Å². The van der Waals surface area contributed by atoms with Gasteiger partial charge in [-0.2, -0.15) is 5.26 Å². The highest BCUT2D eigenvalue weighted by atomic mass is 16.6. The number of nitrogens with zero attached hydrogens (tertiary/aromatic N) is 3. The molecule has 0 saturated heterocycles. The first-order valence-corrected chi connectivity index (χ1v) is 8.40. The predicted octanol–water partition coefficient (Wildman–Crippen LogP) is 4.24. The summed E-state index contributed by atoms with van der Waals surface area (Å²) >= 11 is 0. The number of hydrogen-bond donors (Lipinski definition) is 1. The van der Waals surface area contributed by atoms with E-state index in [0.717, 1.165) is 5.56 Å². The van der Waals surface area contributed by atoms with Gasteiger partial charge in [0.2, 0.25) is 0 Å². The second kappa shape index (κ2) is 8.01. The first-order valence-electron chi connectivity index (χ1n) is 8.40. The van der Waals surface area contributed by atoms with Crippen molar-refractivity contribution in [3.05, 3.63) is 93.8 Å². The van der Waals surface area contributed by atoms with E-state index in [1.165, 1.54) is 18.2 Å². The Morgan fingerprint density at radius 2 is 1.82 bits per heavy atom. The maximum atomic E-state index is 12.4. The van der Waals surface area contributed by atoms with Crippen LogP contribution in [0.15, 0.2) is 72.4 Å². The Hall–Kier alpha value is -4.18. The number of aryl methyl sites for hydroxylation is 1. The highest BCUT2D eigenvalue weighted by molar-refractivity contribution is 6.09. The minimum absolute atomic E-state index is 0.0109. The molecule has 0 spiro atoms. The Labute approximate surface area is 161 Å². The summed E-state index contributed by atoms with van der Waals surface area (Å²) in [6, 6.07) is 18.7. The van der Waals surface area contributed by atoms with Gasteiger partial charge in [0.25, 0.3) is 11.6 Å². The molecule has 0 saturated carbocycles. The average molecular weight is 372 g/mol. The lowest BCUT2D eigenvalue weighted by Gasteiger charge is -2.08. The fraction of sp³-hybridized carbons (Fsp3) is 0.0476. The maximum absolute atomic E-state index is 12.4. The lowest BCUT2D eigenvalue weighted by atomic mass is 10.2. The van der Waals surface area contributed by atoms with Crippen LogP contribution in [0.5, 0.6) is 0 Å². The summed E-state index contributed by atoms with van der Waals surface area (Å²) in [5.41, 5.74) is 2.88. The molecule has 7 nitrogen and oxygen atoms in total. The van der Waals surface area contributed by atoms with Gasteiger partial charge in [-0.05, 0) is 49.4 Å². The number of carbonyl (C=O) groups is 1. The molecule has 1 N–H and O–H groups in total. The molecule has 7 heteroatoms. The Kier molecular flexibility index (Phi) is 5.33. The van der Waals surface area contributed by atoms with E-state index in [9.17, 15) is 20.2 Å². The van der Waals surface area contributed by atoms with Gasteiger partial charge in [0.15, 0.2) is 0 Å². The van der Waals surface area contributed by atoms with Crippen molar-refractivity contribution in [1.82, 2.24) is 4.57 Å². The Morgan fingerprint density at radius 1 is 1.14 bits per heavy atom. The fourth-order valence-electron chi connectivity index (χ4n) is 2.61. The Bertz CT molecular complexity index is 1090. The average Bonchev–Trinajstić information content (AvgIpc) is 3.16. The van der Waals surface area contributed by atoms with Gasteiger partial charge in [0.1, 0.15) is 11.6 Å². The van der Waals surface area contributed by atoms with Crippen LogP contribution >= 0.6 is 0 Å². The van der Waals surface area contributed by atoms with Gasteiger partial charge in [-0.25, -0.2) is 0 Å². The van der Waals surface area contributed by atoms with E-state index >= 15 is 0 Å². The molecule has 3 rings (SSSR count). The second-order valence-corrected chi connectivity index (χ2v) is 6.07. The highest BCUT2D eigenvalue weighted by Gasteiger charge is 2.12. The number of nitriles is 1. The van der Waals surface area contributed by atoms with Crippen molar-refractivity contribution in [3.63, 3.8) is 0 Å². The summed E-state index contributed by atoms with van der Waals surface area (Å²) in [6.07, 6.45) is 3.23. The smallest absolute Gasteiger partial charge is 0.269 e. The molecule has 0 bridgehead atoms. The number of nitrogens with one attached hydrogen (secondary N) is 1. The van der Waals surface area contributed by atoms with Crippen LogP contribution in [0.2, 0.25) is 0 Å². The van der Waals surface area contributed by atoms with Crippen LogP contribution in [0, 0.1) is 28.4 Å². The van der Waals surface area contributed by atoms with E-state index in [0.29, 0.717) is 17.1 Å². The molecule has 2 aromatic carbocycles. The van der Waals surface area contributed by atoms with Crippen LogP contribution in [-0.4, -0.2) is 15.4 Å². The molecule has 3 aromatic rings. The fourth-order valence-corrected chi connectivity index (χ4v) is 2.61. The topological polar surface area (TPSA) is 101 Å². The summed E-state index contributed by atoms with van der Waals surface area (Å²) in [7, 11) is 0. The SMILES string of the molecule is Cc1ccc(NC(=O)/C(C#N)=C/c2cccn2-c2ccc([N+](=O)[O-])cc2)cc1. The van der Waals surface area contributed by atoms with Crippen molar-refractivity contribution in [2.75, 3.05) is 5.32 Å². The van der Waals surface area contributed by atoms with E-state index in [4.69, 9.17) is 0 Å². The third-order valence-electron chi connectivity index (χ3n) is 4.09. The quantitative estimate of drug-likeness (QED) is 0.313.